The monoisotopic (exact) mass is 271 g/mol. The Morgan fingerprint density at radius 1 is 1.05 bits per heavy atom. The summed E-state index contributed by atoms with van der Waals surface area (Å²) in [5.74, 6) is 0. The van der Waals surface area contributed by atoms with E-state index in [-0.39, 0.29) is 5.60 Å². The molecule has 0 atom stereocenters. The van der Waals surface area contributed by atoms with Crippen LogP contribution in [0.2, 0.25) is 0 Å². The van der Waals surface area contributed by atoms with Crippen LogP contribution in [0.4, 0.5) is 0 Å². The van der Waals surface area contributed by atoms with Crippen molar-refractivity contribution in [1.29, 1.82) is 0 Å². The van der Waals surface area contributed by atoms with E-state index in [4.69, 9.17) is 9.47 Å². The summed E-state index contributed by atoms with van der Waals surface area (Å²) in [7, 11) is 0. The van der Waals surface area contributed by atoms with E-state index in [0.29, 0.717) is 12.7 Å². The average Bonchev–Trinajstić information content (AvgIpc) is 2.61. The molecule has 0 saturated heterocycles. The van der Waals surface area contributed by atoms with Gasteiger partial charge in [0.1, 0.15) is 0 Å². The largest absolute Gasteiger partial charge is 0.376 e. The molecule has 0 amide bonds. The Morgan fingerprint density at radius 2 is 1.74 bits per heavy atom. The highest BCUT2D eigenvalue weighted by Gasteiger charge is 2.31. The maximum Gasteiger partial charge on any atom is 0.0807 e. The first kappa shape index (κ1) is 16.9. The Balaban J connectivity index is 2.38. The molecule has 0 aromatic carbocycles. The molecule has 0 bridgehead atoms. The third-order valence-corrected chi connectivity index (χ3v) is 3.83. The van der Waals surface area contributed by atoms with Gasteiger partial charge in [0.2, 0.25) is 0 Å². The van der Waals surface area contributed by atoms with Gasteiger partial charge in [0, 0.05) is 6.54 Å². The fourth-order valence-corrected chi connectivity index (χ4v) is 2.78. The molecule has 0 unspecified atom stereocenters. The van der Waals surface area contributed by atoms with Crippen LogP contribution in [-0.2, 0) is 9.47 Å². The third-order valence-electron chi connectivity index (χ3n) is 3.83. The Morgan fingerprint density at radius 3 is 2.32 bits per heavy atom. The SMILES string of the molecule is CCCNCC1(OCCOC(C)C)CCCCCC1. The molecule has 0 spiro atoms. The van der Waals surface area contributed by atoms with E-state index < -0.39 is 0 Å². The van der Waals surface area contributed by atoms with Crippen molar-refractivity contribution >= 4 is 0 Å². The molecule has 0 aliphatic heterocycles. The summed E-state index contributed by atoms with van der Waals surface area (Å²) in [6, 6.07) is 0. The van der Waals surface area contributed by atoms with Crippen LogP contribution in [0.25, 0.3) is 0 Å². The van der Waals surface area contributed by atoms with Gasteiger partial charge in [0.25, 0.3) is 0 Å². The smallest absolute Gasteiger partial charge is 0.0807 e. The number of rotatable bonds is 9. The summed E-state index contributed by atoms with van der Waals surface area (Å²) in [4.78, 5) is 0. The van der Waals surface area contributed by atoms with Gasteiger partial charge in [0.05, 0.1) is 24.9 Å². The van der Waals surface area contributed by atoms with Gasteiger partial charge in [-0.1, -0.05) is 32.6 Å². The zero-order valence-electron chi connectivity index (χ0n) is 13.2. The Labute approximate surface area is 119 Å². The van der Waals surface area contributed by atoms with Crippen LogP contribution >= 0.6 is 0 Å². The van der Waals surface area contributed by atoms with Crippen molar-refractivity contribution in [3.8, 4) is 0 Å². The van der Waals surface area contributed by atoms with Crippen molar-refractivity contribution in [2.45, 2.75) is 77.4 Å². The molecule has 1 saturated carbocycles. The van der Waals surface area contributed by atoms with Gasteiger partial charge in [-0.05, 0) is 39.7 Å². The second-order valence-electron chi connectivity index (χ2n) is 6.04. The summed E-state index contributed by atoms with van der Waals surface area (Å²) in [6.45, 7) is 9.90. The van der Waals surface area contributed by atoms with Gasteiger partial charge < -0.3 is 14.8 Å². The summed E-state index contributed by atoms with van der Waals surface area (Å²) >= 11 is 0. The highest BCUT2D eigenvalue weighted by Crippen LogP contribution is 2.30. The molecule has 3 heteroatoms. The van der Waals surface area contributed by atoms with E-state index >= 15 is 0 Å². The van der Waals surface area contributed by atoms with Gasteiger partial charge in [-0.2, -0.15) is 0 Å². The van der Waals surface area contributed by atoms with E-state index in [1.807, 2.05) is 0 Å². The molecule has 0 aromatic rings. The second kappa shape index (κ2) is 9.73. The second-order valence-corrected chi connectivity index (χ2v) is 6.04. The molecule has 1 fully saturated rings. The molecule has 3 nitrogen and oxygen atoms in total. The number of ether oxygens (including phenoxy) is 2. The first-order valence-corrected chi connectivity index (χ1v) is 8.15. The zero-order chi connectivity index (χ0) is 14.0. The zero-order valence-corrected chi connectivity index (χ0v) is 13.2. The predicted octanol–water partition coefficient (Wildman–Crippen LogP) is 3.52. The first-order chi connectivity index (χ1) is 9.18. The summed E-state index contributed by atoms with van der Waals surface area (Å²) in [5.41, 5.74) is 0.0615. The molecule has 0 radical (unpaired) electrons. The number of hydrogen-bond acceptors (Lipinski definition) is 3. The molecular weight excluding hydrogens is 238 g/mol. The normalized spacial score (nSPS) is 19.6. The maximum atomic E-state index is 6.26. The average molecular weight is 271 g/mol. The molecular formula is C16H33NO2. The molecule has 0 heterocycles. The molecule has 1 N–H and O–H groups in total. The van der Waals surface area contributed by atoms with Gasteiger partial charge in [-0.25, -0.2) is 0 Å². The minimum absolute atomic E-state index is 0.0615. The lowest BCUT2D eigenvalue weighted by atomic mass is 9.94. The van der Waals surface area contributed by atoms with E-state index in [2.05, 4.69) is 26.1 Å². The molecule has 1 aliphatic carbocycles. The lowest BCUT2D eigenvalue weighted by molar-refractivity contribution is -0.0813. The van der Waals surface area contributed by atoms with Crippen LogP contribution in [0, 0.1) is 0 Å². The summed E-state index contributed by atoms with van der Waals surface area (Å²) < 4.78 is 11.8. The van der Waals surface area contributed by atoms with E-state index in [0.717, 1.165) is 19.7 Å². The fourth-order valence-electron chi connectivity index (χ4n) is 2.78. The van der Waals surface area contributed by atoms with Gasteiger partial charge in [-0.3, -0.25) is 0 Å². The van der Waals surface area contributed by atoms with Crippen LogP contribution in [0.1, 0.15) is 65.7 Å². The van der Waals surface area contributed by atoms with Crippen molar-refractivity contribution < 1.29 is 9.47 Å². The summed E-state index contributed by atoms with van der Waals surface area (Å²) in [6.07, 6.45) is 9.22. The molecule has 19 heavy (non-hydrogen) atoms. The lowest BCUT2D eigenvalue weighted by Crippen LogP contribution is -2.43. The highest BCUT2D eigenvalue weighted by molar-refractivity contribution is 4.85. The van der Waals surface area contributed by atoms with Gasteiger partial charge >= 0.3 is 0 Å². The topological polar surface area (TPSA) is 30.5 Å². The molecule has 114 valence electrons. The van der Waals surface area contributed by atoms with Crippen molar-refractivity contribution in [3.05, 3.63) is 0 Å². The van der Waals surface area contributed by atoms with Crippen LogP contribution in [-0.4, -0.2) is 38.0 Å². The quantitative estimate of drug-likeness (QED) is 0.514. The van der Waals surface area contributed by atoms with Crippen molar-refractivity contribution in [1.82, 2.24) is 5.32 Å². The molecule has 0 aromatic heterocycles. The third kappa shape index (κ3) is 7.28. The maximum absolute atomic E-state index is 6.26. The van der Waals surface area contributed by atoms with Gasteiger partial charge in [-0.15, -0.1) is 0 Å². The predicted molar refractivity (Wildman–Crippen MR) is 80.6 cm³/mol. The van der Waals surface area contributed by atoms with Crippen LogP contribution < -0.4 is 5.32 Å². The molecule has 1 aliphatic rings. The van der Waals surface area contributed by atoms with Crippen LogP contribution in [0.5, 0.6) is 0 Å². The fraction of sp³-hybridized carbons (Fsp3) is 1.00. The van der Waals surface area contributed by atoms with E-state index in [1.54, 1.807) is 0 Å². The standard InChI is InChI=1S/C16H33NO2/c1-4-11-17-14-16(9-7-5-6-8-10-16)19-13-12-18-15(2)3/h15,17H,4-14H2,1-3H3. The first-order valence-electron chi connectivity index (χ1n) is 8.15. The number of hydrogen-bond donors (Lipinski definition) is 1. The Bertz CT molecular complexity index is 211. The number of nitrogens with one attached hydrogen (secondary N) is 1. The van der Waals surface area contributed by atoms with Crippen molar-refractivity contribution in [2.75, 3.05) is 26.3 Å². The van der Waals surface area contributed by atoms with E-state index in [9.17, 15) is 0 Å². The molecule has 1 rings (SSSR count). The summed E-state index contributed by atoms with van der Waals surface area (Å²) in [5, 5.41) is 3.56. The van der Waals surface area contributed by atoms with Crippen LogP contribution in [0.3, 0.4) is 0 Å². The van der Waals surface area contributed by atoms with E-state index in [1.165, 1.54) is 44.9 Å². The Hall–Kier alpha value is -0.120. The van der Waals surface area contributed by atoms with Crippen molar-refractivity contribution in [2.24, 2.45) is 0 Å². The van der Waals surface area contributed by atoms with Crippen molar-refractivity contribution in [3.63, 3.8) is 0 Å². The minimum atomic E-state index is 0.0615. The highest BCUT2D eigenvalue weighted by atomic mass is 16.5. The minimum Gasteiger partial charge on any atom is -0.376 e. The van der Waals surface area contributed by atoms with Crippen LogP contribution in [0.15, 0.2) is 0 Å². The van der Waals surface area contributed by atoms with Gasteiger partial charge in [0.15, 0.2) is 0 Å². The Kier molecular flexibility index (Phi) is 8.67. The lowest BCUT2D eigenvalue weighted by Gasteiger charge is -2.33.